The van der Waals surface area contributed by atoms with E-state index < -0.39 is 0 Å². The van der Waals surface area contributed by atoms with Crippen LogP contribution < -0.4 is 0 Å². The van der Waals surface area contributed by atoms with Crippen LogP contribution in [-0.4, -0.2) is 83.8 Å². The Hall–Kier alpha value is -0.160. The summed E-state index contributed by atoms with van der Waals surface area (Å²) in [5.74, 6) is 2.60. The van der Waals surface area contributed by atoms with Gasteiger partial charge in [0, 0.05) is 57.4 Å². The molecule has 1 saturated carbocycles. The third-order valence-corrected chi connectivity index (χ3v) is 7.21. The Morgan fingerprint density at radius 2 is 1.60 bits per heavy atom. The van der Waals surface area contributed by atoms with Crippen molar-refractivity contribution in [1.29, 1.82) is 0 Å². The minimum atomic E-state index is 0.323. The Morgan fingerprint density at radius 1 is 0.920 bits per heavy atom. The molecular formula is C21H41N3O. The lowest BCUT2D eigenvalue weighted by Crippen LogP contribution is -2.61. The maximum absolute atomic E-state index is 9.99. The van der Waals surface area contributed by atoms with Gasteiger partial charge in [-0.3, -0.25) is 4.90 Å². The Kier molecular flexibility index (Phi) is 6.81. The summed E-state index contributed by atoms with van der Waals surface area (Å²) in [6.07, 6.45) is 5.44. The first-order valence-corrected chi connectivity index (χ1v) is 10.8. The second-order valence-corrected chi connectivity index (χ2v) is 9.56. The van der Waals surface area contributed by atoms with Gasteiger partial charge in [-0.15, -0.1) is 0 Å². The van der Waals surface area contributed by atoms with Crippen LogP contribution in [0.15, 0.2) is 0 Å². The first-order chi connectivity index (χ1) is 12.0. The van der Waals surface area contributed by atoms with Crippen molar-refractivity contribution < 1.29 is 5.11 Å². The minimum absolute atomic E-state index is 0.323. The van der Waals surface area contributed by atoms with Gasteiger partial charge >= 0.3 is 0 Å². The van der Waals surface area contributed by atoms with Gasteiger partial charge in [0.25, 0.3) is 0 Å². The summed E-state index contributed by atoms with van der Waals surface area (Å²) in [5.41, 5.74) is 0. The van der Waals surface area contributed by atoms with Gasteiger partial charge in [0.1, 0.15) is 0 Å². The fourth-order valence-corrected chi connectivity index (χ4v) is 5.35. The normalized spacial score (nSPS) is 34.0. The predicted octanol–water partition coefficient (Wildman–Crippen LogP) is 2.52. The standard InChI is InChI=1S/C21H41N3O/c1-16(2)19-5-7-20(8-6-19)24-10-9-22(14-21(24)15-25)11-18-12-23(13-18)17(3)4/h16-21,25H,5-15H2,1-4H3/t19?,20?,21-/m1/s1. The Bertz CT molecular complexity index is 400. The van der Waals surface area contributed by atoms with Crippen molar-refractivity contribution >= 4 is 0 Å². The lowest BCUT2D eigenvalue weighted by Gasteiger charge is -2.49. The SMILES string of the molecule is CC(C)C1CCC(N2CCN(CC3CN(C(C)C)C3)C[C@@H]2CO)CC1. The quantitative estimate of drug-likeness (QED) is 0.796. The van der Waals surface area contributed by atoms with Crippen molar-refractivity contribution in [3.63, 3.8) is 0 Å². The largest absolute Gasteiger partial charge is 0.395 e. The number of piperazine rings is 1. The smallest absolute Gasteiger partial charge is 0.0599 e. The van der Waals surface area contributed by atoms with Crippen LogP contribution in [0.25, 0.3) is 0 Å². The topological polar surface area (TPSA) is 30.0 Å². The Labute approximate surface area is 155 Å². The molecule has 1 aliphatic carbocycles. The van der Waals surface area contributed by atoms with E-state index in [0.717, 1.165) is 36.9 Å². The molecule has 2 heterocycles. The molecule has 0 radical (unpaired) electrons. The highest BCUT2D eigenvalue weighted by Gasteiger charge is 2.36. The number of likely N-dealkylation sites (tertiary alicyclic amines) is 1. The van der Waals surface area contributed by atoms with Crippen LogP contribution in [0.4, 0.5) is 0 Å². The van der Waals surface area contributed by atoms with Gasteiger partial charge in [-0.25, -0.2) is 0 Å². The summed E-state index contributed by atoms with van der Waals surface area (Å²) in [5, 5.41) is 9.99. The van der Waals surface area contributed by atoms with Crippen LogP contribution in [0.2, 0.25) is 0 Å². The molecule has 1 N–H and O–H groups in total. The molecule has 2 saturated heterocycles. The van der Waals surface area contributed by atoms with E-state index in [1.54, 1.807) is 0 Å². The molecule has 3 aliphatic rings. The molecule has 25 heavy (non-hydrogen) atoms. The van der Waals surface area contributed by atoms with Gasteiger partial charge in [0.2, 0.25) is 0 Å². The number of hydrogen-bond donors (Lipinski definition) is 1. The zero-order valence-corrected chi connectivity index (χ0v) is 17.0. The number of nitrogens with zero attached hydrogens (tertiary/aromatic N) is 3. The predicted molar refractivity (Wildman–Crippen MR) is 105 cm³/mol. The van der Waals surface area contributed by atoms with Crippen molar-refractivity contribution in [1.82, 2.24) is 14.7 Å². The second kappa shape index (κ2) is 8.69. The summed E-state index contributed by atoms with van der Waals surface area (Å²) in [6, 6.07) is 1.77. The highest BCUT2D eigenvalue weighted by molar-refractivity contribution is 4.91. The van der Waals surface area contributed by atoms with Crippen LogP contribution in [0, 0.1) is 17.8 Å². The summed E-state index contributed by atoms with van der Waals surface area (Å²) in [4.78, 5) is 7.85. The summed E-state index contributed by atoms with van der Waals surface area (Å²) >= 11 is 0. The van der Waals surface area contributed by atoms with Crippen molar-refractivity contribution in [2.75, 3.05) is 45.9 Å². The van der Waals surface area contributed by atoms with E-state index in [1.165, 1.54) is 51.9 Å². The molecule has 0 bridgehead atoms. The van der Waals surface area contributed by atoms with Crippen molar-refractivity contribution in [2.45, 2.75) is 71.5 Å². The first kappa shape index (κ1) is 19.6. The average molecular weight is 352 g/mol. The van der Waals surface area contributed by atoms with E-state index in [-0.39, 0.29) is 0 Å². The van der Waals surface area contributed by atoms with Crippen molar-refractivity contribution in [2.24, 2.45) is 17.8 Å². The molecular weight excluding hydrogens is 310 g/mol. The average Bonchev–Trinajstić information content (AvgIpc) is 2.57. The third-order valence-electron chi connectivity index (χ3n) is 7.21. The highest BCUT2D eigenvalue weighted by Crippen LogP contribution is 2.33. The van der Waals surface area contributed by atoms with Crippen LogP contribution in [0.1, 0.15) is 53.4 Å². The lowest BCUT2D eigenvalue weighted by atomic mass is 9.79. The van der Waals surface area contributed by atoms with Gasteiger partial charge in [0.15, 0.2) is 0 Å². The molecule has 0 aromatic heterocycles. The molecule has 3 rings (SSSR count). The summed E-state index contributed by atoms with van der Waals surface area (Å²) in [6.45, 7) is 16.8. The summed E-state index contributed by atoms with van der Waals surface area (Å²) < 4.78 is 0. The van der Waals surface area contributed by atoms with E-state index in [2.05, 4.69) is 42.4 Å². The van der Waals surface area contributed by atoms with Gasteiger partial charge in [0.05, 0.1) is 6.61 Å². The highest BCUT2D eigenvalue weighted by atomic mass is 16.3. The molecule has 0 spiro atoms. The van der Waals surface area contributed by atoms with E-state index in [0.29, 0.717) is 18.7 Å². The Balaban J connectivity index is 1.44. The van der Waals surface area contributed by atoms with Crippen LogP contribution >= 0.6 is 0 Å². The molecule has 146 valence electrons. The number of aliphatic hydroxyl groups is 1. The third kappa shape index (κ3) is 4.77. The number of hydrogen-bond acceptors (Lipinski definition) is 4. The maximum Gasteiger partial charge on any atom is 0.0599 e. The van der Waals surface area contributed by atoms with Gasteiger partial charge in [-0.1, -0.05) is 13.8 Å². The van der Waals surface area contributed by atoms with E-state index in [9.17, 15) is 5.11 Å². The van der Waals surface area contributed by atoms with E-state index in [1.807, 2.05) is 0 Å². The minimum Gasteiger partial charge on any atom is -0.395 e. The van der Waals surface area contributed by atoms with Gasteiger partial charge < -0.3 is 14.9 Å². The molecule has 0 amide bonds. The lowest BCUT2D eigenvalue weighted by molar-refractivity contribution is -0.0244. The molecule has 0 aromatic carbocycles. The molecule has 3 fully saturated rings. The molecule has 4 nitrogen and oxygen atoms in total. The number of aliphatic hydroxyl groups excluding tert-OH is 1. The van der Waals surface area contributed by atoms with Gasteiger partial charge in [-0.05, 0) is 57.3 Å². The molecule has 1 atom stereocenters. The zero-order chi connectivity index (χ0) is 18.0. The Morgan fingerprint density at radius 3 is 2.16 bits per heavy atom. The fraction of sp³-hybridized carbons (Fsp3) is 1.00. The summed E-state index contributed by atoms with van der Waals surface area (Å²) in [7, 11) is 0. The fourth-order valence-electron chi connectivity index (χ4n) is 5.35. The number of rotatable bonds is 6. The van der Waals surface area contributed by atoms with Crippen LogP contribution in [0.3, 0.4) is 0 Å². The van der Waals surface area contributed by atoms with E-state index >= 15 is 0 Å². The maximum atomic E-state index is 9.99. The van der Waals surface area contributed by atoms with E-state index in [4.69, 9.17) is 0 Å². The molecule has 0 unspecified atom stereocenters. The second-order valence-electron chi connectivity index (χ2n) is 9.56. The molecule has 0 aromatic rings. The molecule has 4 heteroatoms. The monoisotopic (exact) mass is 351 g/mol. The van der Waals surface area contributed by atoms with Crippen molar-refractivity contribution in [3.8, 4) is 0 Å². The first-order valence-electron chi connectivity index (χ1n) is 10.8. The van der Waals surface area contributed by atoms with Crippen molar-refractivity contribution in [3.05, 3.63) is 0 Å². The van der Waals surface area contributed by atoms with Crippen LogP contribution in [-0.2, 0) is 0 Å². The van der Waals surface area contributed by atoms with Crippen LogP contribution in [0.5, 0.6) is 0 Å². The molecule has 2 aliphatic heterocycles. The zero-order valence-electron chi connectivity index (χ0n) is 17.0. The van der Waals surface area contributed by atoms with Gasteiger partial charge in [-0.2, -0.15) is 0 Å².